The maximum atomic E-state index is 2.44. The van der Waals surface area contributed by atoms with Gasteiger partial charge in [-0.1, -0.05) is 164 Å². The number of hydrogen-bond acceptors (Lipinski definition) is 3. The first-order valence-corrected chi connectivity index (χ1v) is 22.4. The summed E-state index contributed by atoms with van der Waals surface area (Å²) in [5.74, 6) is 0. The third-order valence-corrected chi connectivity index (χ3v) is 14.3. The lowest BCUT2D eigenvalue weighted by atomic mass is 9.94. The predicted molar refractivity (Wildman–Crippen MR) is 266 cm³/mol. The van der Waals surface area contributed by atoms with Gasteiger partial charge in [0.1, 0.15) is 0 Å². The van der Waals surface area contributed by atoms with E-state index in [1.165, 1.54) is 95.6 Å². The Kier molecular flexibility index (Phi) is 8.62. The van der Waals surface area contributed by atoms with Gasteiger partial charge in [0.05, 0.1) is 5.69 Å². The van der Waals surface area contributed by atoms with E-state index < -0.39 is 0 Å². The quantitative estimate of drug-likeness (QED) is 0.155. The van der Waals surface area contributed by atoms with Crippen molar-refractivity contribution < 1.29 is 0 Å². The Morgan fingerprint density at radius 2 is 0.836 bits per heavy atom. The van der Waals surface area contributed by atoms with Crippen LogP contribution in [0, 0.1) is 0 Å². The van der Waals surface area contributed by atoms with Crippen LogP contribution in [0.15, 0.2) is 224 Å². The Bertz CT molecular complexity index is 3600. The number of nitrogens with zero attached hydrogens (tertiary/aromatic N) is 1. The Hall–Kier alpha value is -7.30. The van der Waals surface area contributed by atoms with Crippen molar-refractivity contribution in [2.45, 2.75) is 0 Å². The molecule has 0 N–H and O–H groups in total. The van der Waals surface area contributed by atoms with E-state index in [9.17, 15) is 0 Å². The molecule has 0 amide bonds. The van der Waals surface area contributed by atoms with Gasteiger partial charge >= 0.3 is 0 Å². The number of para-hydroxylation sites is 1. The van der Waals surface area contributed by atoms with Gasteiger partial charge in [-0.05, 0) is 110 Å². The molecule has 2 heterocycles. The topological polar surface area (TPSA) is 3.24 Å². The van der Waals surface area contributed by atoms with Crippen molar-refractivity contribution in [2.75, 3.05) is 4.90 Å². The van der Waals surface area contributed by atoms with Crippen LogP contribution in [0.1, 0.15) is 0 Å². The minimum absolute atomic E-state index is 1.10. The fourth-order valence-electron chi connectivity index (χ4n) is 9.20. The second kappa shape index (κ2) is 14.8. The molecule has 12 aromatic rings. The molecule has 1 nitrogen and oxygen atoms in total. The largest absolute Gasteiger partial charge is 0.310 e. The Morgan fingerprint density at radius 3 is 1.72 bits per heavy atom. The average Bonchev–Trinajstić information content (AvgIpc) is 3.90. The van der Waals surface area contributed by atoms with Crippen LogP contribution in [0.3, 0.4) is 0 Å². The highest BCUT2D eigenvalue weighted by atomic mass is 32.1. The van der Waals surface area contributed by atoms with Crippen LogP contribution >= 0.6 is 22.7 Å². The smallest absolute Gasteiger partial charge is 0.0540 e. The van der Waals surface area contributed by atoms with Crippen molar-refractivity contribution in [3.8, 4) is 44.5 Å². The van der Waals surface area contributed by atoms with Crippen LogP contribution in [-0.4, -0.2) is 0 Å². The van der Waals surface area contributed by atoms with Gasteiger partial charge in [-0.25, -0.2) is 0 Å². The first-order chi connectivity index (χ1) is 30.2. The van der Waals surface area contributed by atoms with Gasteiger partial charge in [-0.15, -0.1) is 22.7 Å². The molecule has 0 radical (unpaired) electrons. The van der Waals surface area contributed by atoms with Crippen LogP contribution in [0.4, 0.5) is 17.1 Å². The molecular weight excluding hydrogens is 775 g/mol. The zero-order valence-corrected chi connectivity index (χ0v) is 34.8. The van der Waals surface area contributed by atoms with Gasteiger partial charge in [-0.3, -0.25) is 0 Å². The highest BCUT2D eigenvalue weighted by molar-refractivity contribution is 7.26. The van der Waals surface area contributed by atoms with Crippen molar-refractivity contribution in [3.63, 3.8) is 0 Å². The minimum atomic E-state index is 1.10. The molecule has 0 aliphatic carbocycles. The van der Waals surface area contributed by atoms with E-state index in [4.69, 9.17) is 0 Å². The molecule has 10 aromatic carbocycles. The van der Waals surface area contributed by atoms with Crippen LogP contribution in [0.2, 0.25) is 0 Å². The Labute approximate surface area is 362 Å². The molecule has 0 saturated heterocycles. The summed E-state index contributed by atoms with van der Waals surface area (Å²) < 4.78 is 5.25. The van der Waals surface area contributed by atoms with E-state index in [2.05, 4.69) is 229 Å². The number of benzene rings is 10. The van der Waals surface area contributed by atoms with Gasteiger partial charge in [0.15, 0.2) is 0 Å². The summed E-state index contributed by atoms with van der Waals surface area (Å²) in [6, 6.07) is 82.5. The molecule has 0 fully saturated rings. The third kappa shape index (κ3) is 6.21. The zero-order chi connectivity index (χ0) is 40.3. The third-order valence-electron chi connectivity index (χ3n) is 12.1. The highest BCUT2D eigenvalue weighted by Crippen LogP contribution is 2.47. The molecule has 0 aliphatic rings. The second-order valence-corrected chi connectivity index (χ2v) is 17.8. The summed E-state index contributed by atoms with van der Waals surface area (Å²) in [5.41, 5.74) is 13.0. The number of hydrogen-bond donors (Lipinski definition) is 0. The van der Waals surface area contributed by atoms with Gasteiger partial charge in [0.2, 0.25) is 0 Å². The maximum Gasteiger partial charge on any atom is 0.0540 e. The minimum Gasteiger partial charge on any atom is -0.310 e. The average molecular weight is 812 g/mol. The lowest BCUT2D eigenvalue weighted by molar-refractivity contribution is 1.28. The van der Waals surface area contributed by atoms with Gasteiger partial charge in [0.25, 0.3) is 0 Å². The van der Waals surface area contributed by atoms with E-state index in [1.807, 2.05) is 22.7 Å². The highest BCUT2D eigenvalue weighted by Gasteiger charge is 2.21. The molecular formula is C58H37NS2. The monoisotopic (exact) mass is 811 g/mol. The van der Waals surface area contributed by atoms with Crippen LogP contribution < -0.4 is 4.90 Å². The predicted octanol–water partition coefficient (Wildman–Crippen LogP) is 17.7. The summed E-state index contributed by atoms with van der Waals surface area (Å²) in [4.78, 5) is 2.44. The van der Waals surface area contributed by atoms with E-state index in [0.717, 1.165) is 17.1 Å². The number of thiophene rings is 2. The molecule has 0 bridgehead atoms. The van der Waals surface area contributed by atoms with E-state index in [-0.39, 0.29) is 0 Å². The first-order valence-electron chi connectivity index (χ1n) is 20.7. The summed E-state index contributed by atoms with van der Waals surface area (Å²) >= 11 is 3.73. The van der Waals surface area contributed by atoms with Crippen LogP contribution in [-0.2, 0) is 0 Å². The fourth-order valence-corrected chi connectivity index (χ4v) is 11.5. The van der Waals surface area contributed by atoms with Crippen molar-refractivity contribution >= 4 is 90.9 Å². The summed E-state index contributed by atoms with van der Waals surface area (Å²) in [7, 11) is 0. The van der Waals surface area contributed by atoms with Crippen LogP contribution in [0.5, 0.6) is 0 Å². The van der Waals surface area contributed by atoms with Crippen molar-refractivity contribution in [1.29, 1.82) is 0 Å². The number of rotatable bonds is 7. The van der Waals surface area contributed by atoms with Gasteiger partial charge in [-0.2, -0.15) is 0 Å². The molecule has 0 atom stereocenters. The second-order valence-electron chi connectivity index (χ2n) is 15.6. The first kappa shape index (κ1) is 35.6. The van der Waals surface area contributed by atoms with Gasteiger partial charge in [0, 0.05) is 57.3 Å². The standard InChI is InChI=1S/C58H37NS2/c1-2-19-46-39(13-1)14-11-23-47(46)43-17-9-15-40(35-43)41-16-10-18-45(36-41)59(44-32-29-38(30-33-44)42-31-34-50-49-21-4-7-26-54(49)61-57(50)37-42)53-25-6-3-20-48(53)51-24-12-28-56-58(51)52-22-5-8-27-55(52)60-56/h1-37H. The maximum absolute atomic E-state index is 2.44. The molecule has 0 saturated carbocycles. The molecule has 286 valence electrons. The summed E-state index contributed by atoms with van der Waals surface area (Å²) in [6.07, 6.45) is 0. The molecule has 12 rings (SSSR count). The lowest BCUT2D eigenvalue weighted by Crippen LogP contribution is -2.11. The van der Waals surface area contributed by atoms with Crippen molar-refractivity contribution in [3.05, 3.63) is 224 Å². The van der Waals surface area contributed by atoms with Crippen LogP contribution in [0.25, 0.3) is 95.6 Å². The molecule has 0 spiro atoms. The molecule has 3 heteroatoms. The Balaban J connectivity index is 1.01. The fraction of sp³-hybridized carbons (Fsp3) is 0. The Morgan fingerprint density at radius 1 is 0.279 bits per heavy atom. The normalized spacial score (nSPS) is 11.6. The zero-order valence-electron chi connectivity index (χ0n) is 33.1. The molecule has 0 aliphatic heterocycles. The molecule has 61 heavy (non-hydrogen) atoms. The number of fused-ring (bicyclic) bond motifs is 7. The van der Waals surface area contributed by atoms with E-state index in [1.54, 1.807) is 0 Å². The SMILES string of the molecule is c1cc(-c2cccc(N(c3ccc(-c4ccc5c(c4)sc4ccccc45)cc3)c3ccccc3-c3cccc4sc5ccccc5c34)c2)cc(-c2cccc3ccccc23)c1. The van der Waals surface area contributed by atoms with Crippen molar-refractivity contribution in [1.82, 2.24) is 0 Å². The summed E-state index contributed by atoms with van der Waals surface area (Å²) in [5, 5.41) is 7.76. The number of anilines is 3. The molecule has 0 unspecified atom stereocenters. The van der Waals surface area contributed by atoms with E-state index in [0.29, 0.717) is 0 Å². The summed E-state index contributed by atoms with van der Waals surface area (Å²) in [6.45, 7) is 0. The van der Waals surface area contributed by atoms with Crippen molar-refractivity contribution in [2.24, 2.45) is 0 Å². The van der Waals surface area contributed by atoms with Gasteiger partial charge < -0.3 is 4.90 Å². The lowest BCUT2D eigenvalue weighted by Gasteiger charge is -2.28. The van der Waals surface area contributed by atoms with E-state index >= 15 is 0 Å². The molecule has 2 aromatic heterocycles.